The summed E-state index contributed by atoms with van der Waals surface area (Å²) in [5.41, 5.74) is 2.13. The Labute approximate surface area is 162 Å². The maximum absolute atomic E-state index is 13.8. The highest BCUT2D eigenvalue weighted by Crippen LogP contribution is 2.17. The van der Waals surface area contributed by atoms with Crippen LogP contribution in [0.4, 0.5) is 16.0 Å². The quantitative estimate of drug-likeness (QED) is 0.654. The SMILES string of the molecule is COc1cccc(CCNC(=O)c2cc(C)nc(Nc3ccccc3F)n2)c1. The molecule has 3 rings (SSSR count). The molecule has 3 aromatic rings. The minimum atomic E-state index is -0.420. The summed E-state index contributed by atoms with van der Waals surface area (Å²) in [4.78, 5) is 20.9. The molecular weight excluding hydrogens is 359 g/mol. The van der Waals surface area contributed by atoms with Gasteiger partial charge in [0.25, 0.3) is 5.91 Å². The van der Waals surface area contributed by atoms with Crippen molar-refractivity contribution >= 4 is 17.5 Å². The number of amides is 1. The zero-order valence-corrected chi connectivity index (χ0v) is 15.7. The van der Waals surface area contributed by atoms with Gasteiger partial charge in [0.2, 0.25) is 5.95 Å². The third kappa shape index (κ3) is 5.03. The van der Waals surface area contributed by atoms with Crippen LogP contribution in [0, 0.1) is 12.7 Å². The van der Waals surface area contributed by atoms with Crippen LogP contribution in [-0.4, -0.2) is 29.5 Å². The molecule has 0 aliphatic rings. The first kappa shape index (κ1) is 19.3. The van der Waals surface area contributed by atoms with Gasteiger partial charge in [-0.25, -0.2) is 14.4 Å². The Morgan fingerprint density at radius 1 is 1.11 bits per heavy atom. The molecule has 0 aliphatic carbocycles. The van der Waals surface area contributed by atoms with E-state index in [9.17, 15) is 9.18 Å². The van der Waals surface area contributed by atoms with E-state index in [2.05, 4.69) is 20.6 Å². The van der Waals surface area contributed by atoms with Gasteiger partial charge in [-0.15, -0.1) is 0 Å². The van der Waals surface area contributed by atoms with Gasteiger partial charge in [0.05, 0.1) is 12.8 Å². The second kappa shape index (κ2) is 8.94. The van der Waals surface area contributed by atoms with Crippen molar-refractivity contribution in [3.8, 4) is 5.75 Å². The summed E-state index contributed by atoms with van der Waals surface area (Å²) >= 11 is 0. The highest BCUT2D eigenvalue weighted by atomic mass is 19.1. The monoisotopic (exact) mass is 380 g/mol. The fourth-order valence-corrected chi connectivity index (χ4v) is 2.66. The van der Waals surface area contributed by atoms with Gasteiger partial charge in [-0.1, -0.05) is 24.3 Å². The van der Waals surface area contributed by atoms with Gasteiger partial charge in [0.15, 0.2) is 0 Å². The number of nitrogens with one attached hydrogen (secondary N) is 2. The summed E-state index contributed by atoms with van der Waals surface area (Å²) in [7, 11) is 1.62. The lowest BCUT2D eigenvalue weighted by molar-refractivity contribution is 0.0949. The second-order valence-corrected chi connectivity index (χ2v) is 6.18. The van der Waals surface area contributed by atoms with Gasteiger partial charge < -0.3 is 15.4 Å². The number of nitrogens with zero attached hydrogens (tertiary/aromatic N) is 2. The number of para-hydroxylation sites is 1. The topological polar surface area (TPSA) is 76.1 Å². The molecule has 2 N–H and O–H groups in total. The molecule has 144 valence electrons. The van der Waals surface area contributed by atoms with Gasteiger partial charge in [-0.2, -0.15) is 0 Å². The Kier molecular flexibility index (Phi) is 6.16. The number of benzene rings is 2. The zero-order chi connectivity index (χ0) is 19.9. The lowest BCUT2D eigenvalue weighted by Gasteiger charge is -2.10. The largest absolute Gasteiger partial charge is 0.497 e. The van der Waals surface area contributed by atoms with Crippen LogP contribution in [0.15, 0.2) is 54.6 Å². The van der Waals surface area contributed by atoms with E-state index in [1.165, 1.54) is 6.07 Å². The average molecular weight is 380 g/mol. The van der Waals surface area contributed by atoms with Crippen LogP contribution in [0.5, 0.6) is 5.75 Å². The number of anilines is 2. The van der Waals surface area contributed by atoms with Crippen LogP contribution in [0.25, 0.3) is 0 Å². The average Bonchev–Trinajstić information content (AvgIpc) is 2.69. The van der Waals surface area contributed by atoms with E-state index < -0.39 is 5.82 Å². The summed E-state index contributed by atoms with van der Waals surface area (Å²) in [5, 5.41) is 5.65. The van der Waals surface area contributed by atoms with Crippen LogP contribution in [0.1, 0.15) is 21.7 Å². The van der Waals surface area contributed by atoms with Crippen LogP contribution in [0.3, 0.4) is 0 Å². The predicted octanol–water partition coefficient (Wildman–Crippen LogP) is 3.65. The number of carbonyl (C=O) groups is 1. The smallest absolute Gasteiger partial charge is 0.270 e. The fraction of sp³-hybridized carbons (Fsp3) is 0.190. The first-order chi connectivity index (χ1) is 13.5. The number of carbonyl (C=O) groups excluding carboxylic acids is 1. The second-order valence-electron chi connectivity index (χ2n) is 6.18. The number of aromatic nitrogens is 2. The van der Waals surface area contributed by atoms with Gasteiger partial charge in [0, 0.05) is 12.2 Å². The van der Waals surface area contributed by atoms with Crippen LogP contribution < -0.4 is 15.4 Å². The third-order valence-electron chi connectivity index (χ3n) is 4.04. The molecule has 0 fully saturated rings. The highest BCUT2D eigenvalue weighted by molar-refractivity contribution is 5.92. The van der Waals surface area contributed by atoms with Crippen molar-refractivity contribution in [3.63, 3.8) is 0 Å². The zero-order valence-electron chi connectivity index (χ0n) is 15.7. The number of rotatable bonds is 7. The number of ether oxygens (including phenoxy) is 1. The number of aryl methyl sites for hydroxylation is 1. The van der Waals surface area contributed by atoms with E-state index in [1.807, 2.05) is 24.3 Å². The van der Waals surface area contributed by atoms with Crippen molar-refractivity contribution in [2.75, 3.05) is 19.0 Å². The maximum Gasteiger partial charge on any atom is 0.270 e. The summed E-state index contributed by atoms with van der Waals surface area (Å²) in [6, 6.07) is 15.5. The van der Waals surface area contributed by atoms with Gasteiger partial charge >= 0.3 is 0 Å². The first-order valence-corrected chi connectivity index (χ1v) is 8.83. The van der Waals surface area contributed by atoms with Gasteiger partial charge in [-0.05, 0) is 49.2 Å². The van der Waals surface area contributed by atoms with Crippen molar-refractivity contribution in [3.05, 3.63) is 77.4 Å². The normalized spacial score (nSPS) is 10.4. The van der Waals surface area contributed by atoms with E-state index in [0.29, 0.717) is 18.7 Å². The third-order valence-corrected chi connectivity index (χ3v) is 4.04. The predicted molar refractivity (Wildman–Crippen MR) is 105 cm³/mol. The maximum atomic E-state index is 13.8. The molecule has 0 saturated heterocycles. The Morgan fingerprint density at radius 2 is 1.93 bits per heavy atom. The molecule has 0 saturated carbocycles. The molecule has 1 aromatic heterocycles. The molecule has 2 aromatic carbocycles. The molecular formula is C21H21FN4O2. The molecule has 0 unspecified atom stereocenters. The van der Waals surface area contributed by atoms with Crippen LogP contribution >= 0.6 is 0 Å². The van der Waals surface area contributed by atoms with E-state index in [0.717, 1.165) is 11.3 Å². The van der Waals surface area contributed by atoms with E-state index >= 15 is 0 Å². The standard InChI is InChI=1S/C21H21FN4O2/c1-14-12-19(26-21(24-14)25-18-9-4-3-8-17(18)22)20(27)23-11-10-15-6-5-7-16(13-15)28-2/h3-9,12-13H,10-11H2,1-2H3,(H,23,27)(H,24,25,26). The minimum absolute atomic E-state index is 0.169. The van der Waals surface area contributed by atoms with E-state index in [1.54, 1.807) is 38.3 Å². The Morgan fingerprint density at radius 3 is 2.71 bits per heavy atom. The van der Waals surface area contributed by atoms with Crippen molar-refractivity contribution in [2.24, 2.45) is 0 Å². The van der Waals surface area contributed by atoms with Crippen LogP contribution in [-0.2, 0) is 6.42 Å². The molecule has 0 atom stereocenters. The fourth-order valence-electron chi connectivity index (χ4n) is 2.66. The lowest BCUT2D eigenvalue weighted by Crippen LogP contribution is -2.27. The van der Waals surface area contributed by atoms with Crippen molar-refractivity contribution in [2.45, 2.75) is 13.3 Å². The number of hydrogen-bond donors (Lipinski definition) is 2. The number of methoxy groups -OCH3 is 1. The molecule has 6 nitrogen and oxygen atoms in total. The summed E-state index contributed by atoms with van der Waals surface area (Å²) < 4.78 is 19.0. The molecule has 1 amide bonds. The van der Waals surface area contributed by atoms with Crippen molar-refractivity contribution in [1.82, 2.24) is 15.3 Å². The minimum Gasteiger partial charge on any atom is -0.497 e. The highest BCUT2D eigenvalue weighted by Gasteiger charge is 2.11. The molecule has 0 radical (unpaired) electrons. The van der Waals surface area contributed by atoms with Gasteiger partial charge in [0.1, 0.15) is 17.3 Å². The number of halogens is 1. The lowest BCUT2D eigenvalue weighted by atomic mass is 10.1. The summed E-state index contributed by atoms with van der Waals surface area (Å²) in [6.45, 7) is 2.20. The number of hydrogen-bond acceptors (Lipinski definition) is 5. The molecule has 0 bridgehead atoms. The Bertz CT molecular complexity index is 978. The first-order valence-electron chi connectivity index (χ1n) is 8.83. The van der Waals surface area contributed by atoms with E-state index in [-0.39, 0.29) is 23.2 Å². The summed E-state index contributed by atoms with van der Waals surface area (Å²) in [6.07, 6.45) is 0.660. The van der Waals surface area contributed by atoms with Crippen LogP contribution in [0.2, 0.25) is 0 Å². The Balaban J connectivity index is 1.64. The van der Waals surface area contributed by atoms with E-state index in [4.69, 9.17) is 4.74 Å². The van der Waals surface area contributed by atoms with Crippen molar-refractivity contribution < 1.29 is 13.9 Å². The van der Waals surface area contributed by atoms with Crippen molar-refractivity contribution in [1.29, 1.82) is 0 Å². The molecule has 28 heavy (non-hydrogen) atoms. The molecule has 7 heteroatoms. The summed E-state index contributed by atoms with van der Waals surface area (Å²) in [5.74, 6) is 0.212. The molecule has 1 heterocycles. The van der Waals surface area contributed by atoms with Gasteiger partial charge in [-0.3, -0.25) is 4.79 Å². The molecule has 0 spiro atoms. The molecule has 0 aliphatic heterocycles. The Hall–Kier alpha value is -3.48.